The Morgan fingerprint density at radius 3 is 2.85 bits per heavy atom. The maximum Gasteiger partial charge on any atom is 0.225 e. The van der Waals surface area contributed by atoms with E-state index < -0.39 is 0 Å². The number of nitriles is 1. The highest BCUT2D eigenvalue weighted by Gasteiger charge is 2.13. The fraction of sp³-hybridized carbons (Fsp3) is 0.350. The Morgan fingerprint density at radius 1 is 1.26 bits per heavy atom. The van der Waals surface area contributed by atoms with Crippen molar-refractivity contribution in [2.75, 3.05) is 19.0 Å². The highest BCUT2D eigenvalue weighted by molar-refractivity contribution is 6.28. The number of aromatic nitrogens is 3. The number of benzene rings is 1. The highest BCUT2D eigenvalue weighted by Crippen LogP contribution is 2.27. The van der Waals surface area contributed by atoms with Crippen molar-refractivity contribution in [3.8, 4) is 11.8 Å². The Labute approximate surface area is 163 Å². The van der Waals surface area contributed by atoms with E-state index in [0.717, 1.165) is 41.8 Å². The Bertz CT molecular complexity index is 976. The number of halogens is 1. The van der Waals surface area contributed by atoms with E-state index in [4.69, 9.17) is 21.6 Å². The van der Waals surface area contributed by atoms with E-state index in [1.807, 2.05) is 18.3 Å². The first-order chi connectivity index (χ1) is 13.2. The van der Waals surface area contributed by atoms with Crippen LogP contribution in [-0.2, 0) is 6.54 Å². The van der Waals surface area contributed by atoms with Crippen LogP contribution in [0.2, 0.25) is 5.28 Å². The normalized spacial score (nSPS) is 10.7. The van der Waals surface area contributed by atoms with Gasteiger partial charge in [0, 0.05) is 18.3 Å². The number of hydrogen-bond donors (Lipinski definition) is 1. The minimum Gasteiger partial charge on any atom is -0.496 e. The van der Waals surface area contributed by atoms with Gasteiger partial charge in [-0.25, -0.2) is 4.98 Å². The monoisotopic (exact) mass is 383 g/mol. The first kappa shape index (κ1) is 19.0. The summed E-state index contributed by atoms with van der Waals surface area (Å²) in [6.45, 7) is 3.59. The Hall–Kier alpha value is -2.78. The smallest absolute Gasteiger partial charge is 0.225 e. The minimum atomic E-state index is 0.231. The quantitative estimate of drug-likeness (QED) is 0.454. The number of ether oxygens (including phenoxy) is 1. The number of rotatable bonds is 8. The highest BCUT2D eigenvalue weighted by atomic mass is 35.5. The van der Waals surface area contributed by atoms with Crippen molar-refractivity contribution in [2.45, 2.75) is 32.7 Å². The van der Waals surface area contributed by atoms with Crippen LogP contribution < -0.4 is 10.1 Å². The molecule has 2 aromatic heterocycles. The van der Waals surface area contributed by atoms with E-state index in [0.29, 0.717) is 17.9 Å². The number of hydrogen-bond acceptors (Lipinski definition) is 5. The molecule has 0 radical (unpaired) electrons. The number of methoxy groups -OCH3 is 1. The summed E-state index contributed by atoms with van der Waals surface area (Å²) in [6.07, 6.45) is 5.36. The lowest BCUT2D eigenvalue weighted by Crippen LogP contribution is -2.08. The SMILES string of the molecule is CCCCCNc1nc(Cl)nc2ccn(Cc3ccc(C#N)cc3OC)c12. The third-order valence-corrected chi connectivity index (χ3v) is 4.58. The Morgan fingerprint density at radius 2 is 2.11 bits per heavy atom. The molecule has 3 rings (SSSR count). The molecule has 0 saturated carbocycles. The number of unbranched alkanes of at least 4 members (excludes halogenated alkanes) is 2. The number of fused-ring (bicyclic) bond motifs is 1. The van der Waals surface area contributed by atoms with Crippen LogP contribution in [-0.4, -0.2) is 28.2 Å². The maximum absolute atomic E-state index is 9.08. The van der Waals surface area contributed by atoms with E-state index in [-0.39, 0.29) is 5.28 Å². The van der Waals surface area contributed by atoms with Crippen LogP contribution in [0.1, 0.15) is 37.3 Å². The van der Waals surface area contributed by atoms with E-state index >= 15 is 0 Å². The van der Waals surface area contributed by atoms with Gasteiger partial charge in [-0.05, 0) is 36.2 Å². The molecule has 0 spiro atoms. The second-order valence-electron chi connectivity index (χ2n) is 6.29. The van der Waals surface area contributed by atoms with E-state index in [1.165, 1.54) is 6.42 Å². The number of nitrogens with zero attached hydrogens (tertiary/aromatic N) is 4. The Balaban J connectivity index is 1.94. The van der Waals surface area contributed by atoms with Gasteiger partial charge in [0.2, 0.25) is 5.28 Å². The van der Waals surface area contributed by atoms with Crippen molar-refractivity contribution in [1.29, 1.82) is 5.26 Å². The van der Waals surface area contributed by atoms with Crippen LogP contribution in [0.5, 0.6) is 5.75 Å². The molecule has 140 valence electrons. The molecule has 3 aromatic rings. The fourth-order valence-electron chi connectivity index (χ4n) is 3.04. The molecule has 0 aliphatic heterocycles. The predicted octanol–water partition coefficient (Wildman–Crippen LogP) is 4.62. The van der Waals surface area contributed by atoms with Crippen LogP contribution in [0.3, 0.4) is 0 Å². The molecule has 0 amide bonds. The zero-order valence-corrected chi connectivity index (χ0v) is 16.3. The van der Waals surface area contributed by atoms with Crippen molar-refractivity contribution in [3.63, 3.8) is 0 Å². The van der Waals surface area contributed by atoms with E-state index in [9.17, 15) is 0 Å². The van der Waals surface area contributed by atoms with Crippen molar-refractivity contribution in [1.82, 2.24) is 14.5 Å². The molecule has 0 unspecified atom stereocenters. The van der Waals surface area contributed by atoms with Gasteiger partial charge in [0.05, 0.1) is 30.8 Å². The lowest BCUT2D eigenvalue weighted by molar-refractivity contribution is 0.408. The zero-order valence-electron chi connectivity index (χ0n) is 15.5. The second-order valence-corrected chi connectivity index (χ2v) is 6.63. The summed E-state index contributed by atoms with van der Waals surface area (Å²) in [7, 11) is 1.61. The minimum absolute atomic E-state index is 0.231. The molecule has 2 heterocycles. The summed E-state index contributed by atoms with van der Waals surface area (Å²) in [5.41, 5.74) is 3.24. The molecule has 0 fully saturated rings. The van der Waals surface area contributed by atoms with Crippen LogP contribution in [0.4, 0.5) is 5.82 Å². The molecule has 0 aliphatic carbocycles. The van der Waals surface area contributed by atoms with E-state index in [2.05, 4.69) is 32.8 Å². The van der Waals surface area contributed by atoms with Crippen molar-refractivity contribution < 1.29 is 4.74 Å². The van der Waals surface area contributed by atoms with Gasteiger partial charge in [0.15, 0.2) is 5.82 Å². The maximum atomic E-state index is 9.08. The van der Waals surface area contributed by atoms with Crippen LogP contribution >= 0.6 is 11.6 Å². The molecule has 0 aliphatic rings. The summed E-state index contributed by atoms with van der Waals surface area (Å²) >= 11 is 6.09. The van der Waals surface area contributed by atoms with Gasteiger partial charge in [-0.2, -0.15) is 10.2 Å². The average molecular weight is 384 g/mol. The first-order valence-electron chi connectivity index (χ1n) is 8.99. The summed E-state index contributed by atoms with van der Waals surface area (Å²) < 4.78 is 7.52. The molecular formula is C20H22ClN5O. The van der Waals surface area contributed by atoms with Crippen molar-refractivity contribution in [3.05, 3.63) is 46.9 Å². The Kier molecular flexibility index (Phi) is 6.15. The first-order valence-corrected chi connectivity index (χ1v) is 9.37. The zero-order chi connectivity index (χ0) is 19.2. The van der Waals surface area contributed by atoms with Crippen molar-refractivity contribution >= 4 is 28.5 Å². The molecule has 7 heteroatoms. The van der Waals surface area contributed by atoms with Crippen molar-refractivity contribution in [2.24, 2.45) is 0 Å². The molecular weight excluding hydrogens is 362 g/mol. The third kappa shape index (κ3) is 4.32. The summed E-state index contributed by atoms with van der Waals surface area (Å²) in [6, 6.07) is 9.51. The molecule has 6 nitrogen and oxygen atoms in total. The van der Waals surface area contributed by atoms with Crippen LogP contribution in [0, 0.1) is 11.3 Å². The number of anilines is 1. The summed E-state index contributed by atoms with van der Waals surface area (Å²) in [5, 5.41) is 12.7. The van der Waals surface area contributed by atoms with Gasteiger partial charge < -0.3 is 14.6 Å². The molecule has 0 saturated heterocycles. The van der Waals surface area contributed by atoms with Gasteiger partial charge >= 0.3 is 0 Å². The topological polar surface area (TPSA) is 75.8 Å². The largest absolute Gasteiger partial charge is 0.496 e. The van der Waals surface area contributed by atoms with Gasteiger partial charge in [0.1, 0.15) is 11.3 Å². The average Bonchev–Trinajstić information content (AvgIpc) is 3.08. The summed E-state index contributed by atoms with van der Waals surface area (Å²) in [4.78, 5) is 8.72. The molecule has 0 atom stereocenters. The summed E-state index contributed by atoms with van der Waals surface area (Å²) in [5.74, 6) is 1.42. The fourth-order valence-corrected chi connectivity index (χ4v) is 3.22. The lowest BCUT2D eigenvalue weighted by Gasteiger charge is -2.13. The second kappa shape index (κ2) is 8.74. The molecule has 27 heavy (non-hydrogen) atoms. The molecule has 1 N–H and O–H groups in total. The predicted molar refractivity (Wildman–Crippen MR) is 107 cm³/mol. The van der Waals surface area contributed by atoms with E-state index in [1.54, 1.807) is 19.2 Å². The third-order valence-electron chi connectivity index (χ3n) is 4.41. The van der Waals surface area contributed by atoms with Gasteiger partial charge in [-0.1, -0.05) is 25.8 Å². The molecule has 1 aromatic carbocycles. The van der Waals surface area contributed by atoms with Gasteiger partial charge in [-0.3, -0.25) is 0 Å². The number of nitrogens with one attached hydrogen (secondary N) is 1. The molecule has 0 bridgehead atoms. The standard InChI is InChI=1S/C20H22ClN5O/c1-3-4-5-9-23-19-18-16(24-20(21)25-19)8-10-26(18)13-15-7-6-14(12-22)11-17(15)27-2/h6-8,10-11H,3-5,9,13H2,1-2H3,(H,23,24,25). The van der Waals surface area contributed by atoms with Gasteiger partial charge in [0.25, 0.3) is 0 Å². The van der Waals surface area contributed by atoms with Crippen LogP contribution in [0.25, 0.3) is 11.0 Å². The van der Waals surface area contributed by atoms with Gasteiger partial charge in [-0.15, -0.1) is 0 Å². The van der Waals surface area contributed by atoms with Crippen LogP contribution in [0.15, 0.2) is 30.5 Å². The lowest BCUT2D eigenvalue weighted by atomic mass is 10.1.